The molecule has 8 nitrogen and oxygen atoms in total. The van der Waals surface area contributed by atoms with Gasteiger partial charge in [-0.15, -0.1) is 10.2 Å². The van der Waals surface area contributed by atoms with E-state index in [1.807, 2.05) is 18.2 Å². The summed E-state index contributed by atoms with van der Waals surface area (Å²) in [6.07, 6.45) is 3.53. The molecular formula is C26H20ClIN4O4. The fourth-order valence-electron chi connectivity index (χ4n) is 3.45. The fraction of sp³-hybridized carbons (Fsp3) is 0.0769. The zero-order valence-electron chi connectivity index (χ0n) is 18.9. The van der Waals surface area contributed by atoms with Gasteiger partial charge in [-0.1, -0.05) is 76.7 Å². The summed E-state index contributed by atoms with van der Waals surface area (Å²) in [5.41, 5.74) is 3.00. The van der Waals surface area contributed by atoms with Crippen molar-refractivity contribution in [3.8, 4) is 11.4 Å². The number of aryl methyl sites for hydroxylation is 1. The highest BCUT2D eigenvalue weighted by molar-refractivity contribution is 14.1. The van der Waals surface area contributed by atoms with Crippen LogP contribution in [0.2, 0.25) is 5.02 Å². The van der Waals surface area contributed by atoms with E-state index in [4.69, 9.17) is 11.6 Å². The van der Waals surface area contributed by atoms with Gasteiger partial charge in [-0.2, -0.15) is 0 Å². The lowest BCUT2D eigenvalue weighted by Gasteiger charge is -2.04. The van der Waals surface area contributed by atoms with E-state index in [0.29, 0.717) is 22.0 Å². The Morgan fingerprint density at radius 1 is 1.08 bits per heavy atom. The topological polar surface area (TPSA) is 120 Å². The number of nitrogens with one attached hydrogen (secondary N) is 1. The van der Waals surface area contributed by atoms with Crippen molar-refractivity contribution in [1.29, 1.82) is 0 Å². The van der Waals surface area contributed by atoms with Crippen molar-refractivity contribution in [2.45, 2.75) is 11.4 Å². The minimum atomic E-state index is -1.10. The number of aromatic carboxylic acids is 1. The highest BCUT2D eigenvalue weighted by Crippen LogP contribution is 2.33. The zero-order chi connectivity index (χ0) is 25.8. The molecule has 0 aliphatic heterocycles. The smallest absolute Gasteiger partial charge is 0.335 e. The fourth-order valence-corrected chi connectivity index (χ4v) is 4.19. The number of carbonyl (C=O) groups is 1. The zero-order valence-corrected chi connectivity index (χ0v) is 21.9. The Labute approximate surface area is 224 Å². The minimum absolute atomic E-state index is 0.0400. The maximum absolute atomic E-state index is 12.9. The molecule has 0 aliphatic carbocycles. The van der Waals surface area contributed by atoms with Crippen LogP contribution >= 0.6 is 34.2 Å². The molecule has 0 amide bonds. The average molecular weight is 615 g/mol. The number of alkyl halides is 1. The molecule has 4 aromatic rings. The van der Waals surface area contributed by atoms with Crippen LogP contribution in [0.1, 0.15) is 32.7 Å². The van der Waals surface area contributed by atoms with Crippen LogP contribution in [0, 0.1) is 6.92 Å². The Kier molecular flexibility index (Phi) is 7.70. The molecule has 1 aromatic heterocycles. The standard InChI is InChI=1S/C26H20ClIN4O4/c1-15-23(25(34)32(31-15)20-6-2-5-19(13-20)26(35)36)30-29-22-7-3-4-18(24(22)33)11-10-17-9-8-16(14-28)12-21(17)27/h2-13,31,33H,14H2,1H3,(H,35,36)/b11-10+,30-29?. The molecule has 0 bridgehead atoms. The second kappa shape index (κ2) is 10.9. The van der Waals surface area contributed by atoms with Crippen LogP contribution in [0.25, 0.3) is 17.8 Å². The molecule has 3 aromatic carbocycles. The van der Waals surface area contributed by atoms with Gasteiger partial charge in [-0.05, 0) is 48.4 Å². The number of carboxylic acid groups (broad SMARTS) is 1. The number of aromatic hydroxyl groups is 1. The number of phenols is 1. The number of para-hydroxylation sites is 1. The van der Waals surface area contributed by atoms with Gasteiger partial charge in [0.1, 0.15) is 11.4 Å². The molecule has 0 unspecified atom stereocenters. The predicted octanol–water partition coefficient (Wildman–Crippen LogP) is 7.05. The van der Waals surface area contributed by atoms with E-state index in [1.54, 1.807) is 49.4 Å². The lowest BCUT2D eigenvalue weighted by molar-refractivity contribution is 0.0697. The van der Waals surface area contributed by atoms with Gasteiger partial charge in [0.2, 0.25) is 0 Å². The molecule has 182 valence electrons. The van der Waals surface area contributed by atoms with Crippen LogP contribution in [0.4, 0.5) is 11.4 Å². The predicted molar refractivity (Wildman–Crippen MR) is 148 cm³/mol. The largest absolute Gasteiger partial charge is 0.505 e. The highest BCUT2D eigenvalue weighted by atomic mass is 127. The van der Waals surface area contributed by atoms with Crippen molar-refractivity contribution in [3.63, 3.8) is 0 Å². The summed E-state index contributed by atoms with van der Waals surface area (Å²) in [5.74, 6) is -1.20. The van der Waals surface area contributed by atoms with E-state index in [9.17, 15) is 19.8 Å². The summed E-state index contributed by atoms with van der Waals surface area (Å²) in [7, 11) is 0. The van der Waals surface area contributed by atoms with Gasteiger partial charge in [-0.25, -0.2) is 9.48 Å². The first-order chi connectivity index (χ1) is 17.3. The molecule has 0 fully saturated rings. The third-order valence-corrected chi connectivity index (χ3v) is 6.57. The number of azo groups is 1. The number of aromatic nitrogens is 2. The van der Waals surface area contributed by atoms with Crippen molar-refractivity contribution in [2.24, 2.45) is 10.2 Å². The highest BCUT2D eigenvalue weighted by Gasteiger charge is 2.14. The van der Waals surface area contributed by atoms with Gasteiger partial charge in [0.15, 0.2) is 5.69 Å². The van der Waals surface area contributed by atoms with Crippen molar-refractivity contribution in [2.75, 3.05) is 0 Å². The van der Waals surface area contributed by atoms with Crippen LogP contribution in [0.15, 0.2) is 75.7 Å². The van der Waals surface area contributed by atoms with Crippen molar-refractivity contribution in [3.05, 3.63) is 104 Å². The second-order valence-electron chi connectivity index (χ2n) is 7.82. The van der Waals surface area contributed by atoms with Crippen LogP contribution in [0.3, 0.4) is 0 Å². The third-order valence-electron chi connectivity index (χ3n) is 5.36. The van der Waals surface area contributed by atoms with E-state index in [0.717, 1.165) is 15.6 Å². The number of hydrogen-bond acceptors (Lipinski definition) is 5. The summed E-state index contributed by atoms with van der Waals surface area (Å²) in [6.45, 7) is 1.65. The lowest BCUT2D eigenvalue weighted by Crippen LogP contribution is -2.14. The maximum atomic E-state index is 12.9. The SMILES string of the molecule is Cc1[nH]n(-c2cccc(C(=O)O)c2)c(=O)c1N=Nc1cccc(/C=C/c2ccc(CI)cc2Cl)c1O. The maximum Gasteiger partial charge on any atom is 0.335 e. The molecule has 10 heteroatoms. The monoisotopic (exact) mass is 614 g/mol. The van der Waals surface area contributed by atoms with Crippen LogP contribution in [-0.2, 0) is 4.43 Å². The van der Waals surface area contributed by atoms with E-state index in [-0.39, 0.29) is 22.7 Å². The number of aromatic amines is 1. The van der Waals surface area contributed by atoms with Crippen LogP contribution in [-0.4, -0.2) is 26.0 Å². The molecule has 4 rings (SSSR count). The molecule has 36 heavy (non-hydrogen) atoms. The van der Waals surface area contributed by atoms with Crippen LogP contribution < -0.4 is 5.56 Å². The summed E-state index contributed by atoms with van der Waals surface area (Å²) < 4.78 is 2.05. The molecule has 1 heterocycles. The van der Waals surface area contributed by atoms with E-state index < -0.39 is 11.5 Å². The van der Waals surface area contributed by atoms with E-state index in [1.165, 1.54) is 16.8 Å². The molecule has 0 atom stereocenters. The molecule has 3 N–H and O–H groups in total. The Hall–Kier alpha value is -3.70. The van der Waals surface area contributed by atoms with Gasteiger partial charge in [0, 0.05) is 15.0 Å². The van der Waals surface area contributed by atoms with E-state index >= 15 is 0 Å². The second-order valence-corrected chi connectivity index (χ2v) is 8.99. The molecule has 0 aliphatic rings. The first kappa shape index (κ1) is 25.4. The first-order valence-electron chi connectivity index (χ1n) is 10.7. The number of phenolic OH excluding ortho intramolecular Hbond substituents is 1. The van der Waals surface area contributed by atoms with Crippen molar-refractivity contribution < 1.29 is 15.0 Å². The van der Waals surface area contributed by atoms with Crippen LogP contribution in [0.5, 0.6) is 5.75 Å². The summed E-state index contributed by atoms with van der Waals surface area (Å²) in [6, 6.07) is 16.8. The number of H-pyrrole nitrogens is 1. The molecule has 0 saturated heterocycles. The van der Waals surface area contributed by atoms with Gasteiger partial charge in [0.05, 0.1) is 16.9 Å². The average Bonchev–Trinajstić information content (AvgIpc) is 3.16. The number of benzene rings is 3. The summed E-state index contributed by atoms with van der Waals surface area (Å²) in [5, 5.41) is 31.6. The van der Waals surface area contributed by atoms with Crippen molar-refractivity contribution >= 4 is 63.7 Å². The number of halogens is 2. The number of rotatable bonds is 7. The molecule has 0 radical (unpaired) electrons. The summed E-state index contributed by atoms with van der Waals surface area (Å²) >= 11 is 8.62. The third kappa shape index (κ3) is 5.42. The van der Waals surface area contributed by atoms with Crippen molar-refractivity contribution in [1.82, 2.24) is 9.78 Å². The Bertz CT molecular complexity index is 1570. The van der Waals surface area contributed by atoms with Gasteiger partial charge >= 0.3 is 5.97 Å². The first-order valence-corrected chi connectivity index (χ1v) is 12.6. The molecular weight excluding hydrogens is 595 g/mol. The number of hydrogen-bond donors (Lipinski definition) is 3. The Balaban J connectivity index is 1.62. The van der Waals surface area contributed by atoms with Gasteiger partial charge in [0.25, 0.3) is 5.56 Å². The Morgan fingerprint density at radius 2 is 1.83 bits per heavy atom. The minimum Gasteiger partial charge on any atom is -0.505 e. The number of nitrogens with zero attached hydrogens (tertiary/aromatic N) is 3. The normalized spacial score (nSPS) is 11.5. The molecule has 0 saturated carbocycles. The lowest BCUT2D eigenvalue weighted by atomic mass is 10.1. The molecule has 0 spiro atoms. The van der Waals surface area contributed by atoms with Gasteiger partial charge < -0.3 is 10.2 Å². The summed E-state index contributed by atoms with van der Waals surface area (Å²) in [4.78, 5) is 24.2. The number of carboxylic acids is 1. The van der Waals surface area contributed by atoms with E-state index in [2.05, 4.69) is 37.9 Å². The Morgan fingerprint density at radius 3 is 2.56 bits per heavy atom. The van der Waals surface area contributed by atoms with Gasteiger partial charge in [-0.3, -0.25) is 9.89 Å². The quantitative estimate of drug-likeness (QED) is 0.0894.